The summed E-state index contributed by atoms with van der Waals surface area (Å²) >= 11 is 0. The summed E-state index contributed by atoms with van der Waals surface area (Å²) in [6, 6.07) is 5.17. The molecule has 0 aliphatic carbocycles. The number of fused-ring (bicyclic) bond motifs is 1. The highest BCUT2D eigenvalue weighted by Crippen LogP contribution is 2.29. The number of amides is 1. The van der Waals surface area contributed by atoms with Crippen LogP contribution in [-0.2, 0) is 20.3 Å². The molecule has 1 fully saturated rings. The number of nitrogens with zero attached hydrogens (tertiary/aromatic N) is 2. The van der Waals surface area contributed by atoms with Crippen LogP contribution in [0.15, 0.2) is 22.6 Å². The van der Waals surface area contributed by atoms with Crippen LogP contribution in [0.2, 0.25) is 0 Å². The number of hydrogen-bond donors (Lipinski definition) is 0. The van der Waals surface area contributed by atoms with Gasteiger partial charge in [-0.1, -0.05) is 6.92 Å². The summed E-state index contributed by atoms with van der Waals surface area (Å²) < 4.78 is 28.2. The van der Waals surface area contributed by atoms with E-state index < -0.39 is 14.3 Å². The van der Waals surface area contributed by atoms with E-state index in [9.17, 15) is 13.2 Å². The van der Waals surface area contributed by atoms with Crippen molar-refractivity contribution in [2.75, 3.05) is 11.4 Å². The molecule has 6 nitrogen and oxygen atoms in total. The quantitative estimate of drug-likeness (QED) is 0.806. The maximum atomic E-state index is 12.0. The van der Waals surface area contributed by atoms with Crippen molar-refractivity contribution in [3.05, 3.63) is 24.1 Å². The predicted molar refractivity (Wildman–Crippen MR) is 78.9 cm³/mol. The fourth-order valence-electron chi connectivity index (χ4n) is 2.40. The van der Waals surface area contributed by atoms with Gasteiger partial charge in [-0.15, -0.1) is 0 Å². The summed E-state index contributed by atoms with van der Waals surface area (Å²) in [6.07, 6.45) is 0.585. The van der Waals surface area contributed by atoms with Crippen LogP contribution in [0.5, 0.6) is 0 Å². The van der Waals surface area contributed by atoms with E-state index in [1.54, 1.807) is 18.2 Å². The highest BCUT2D eigenvalue weighted by atomic mass is 35.7. The first-order valence-corrected chi connectivity index (χ1v) is 8.89. The Hall–Kier alpha value is -1.60. The number of aromatic nitrogens is 1. The van der Waals surface area contributed by atoms with Gasteiger partial charge in [0.25, 0.3) is 0 Å². The van der Waals surface area contributed by atoms with Gasteiger partial charge in [-0.3, -0.25) is 4.79 Å². The number of oxazole rings is 1. The lowest BCUT2D eigenvalue weighted by molar-refractivity contribution is -0.117. The van der Waals surface area contributed by atoms with Gasteiger partial charge >= 0.3 is 0 Å². The number of rotatable bonds is 3. The molecule has 2 aromatic rings. The second-order valence-corrected chi connectivity index (χ2v) is 7.83. The van der Waals surface area contributed by atoms with Gasteiger partial charge in [0.1, 0.15) is 10.8 Å². The average Bonchev–Trinajstić information content (AvgIpc) is 3.00. The molecule has 0 radical (unpaired) electrons. The summed E-state index contributed by atoms with van der Waals surface area (Å²) in [5.41, 5.74) is 1.89. The molecule has 112 valence electrons. The standard InChI is InChI=1S/C13H13ClN2O4S/c1-2-12-15-10-5-8(3-4-11(10)20-12)16-7-9(6-13(16)17)21(14,18)19/h3-5,9H,2,6-7H2,1H3. The first-order valence-electron chi connectivity index (χ1n) is 6.52. The molecule has 1 atom stereocenters. The summed E-state index contributed by atoms with van der Waals surface area (Å²) in [5, 5.41) is -0.870. The van der Waals surface area contributed by atoms with Crippen molar-refractivity contribution in [2.45, 2.75) is 25.0 Å². The molecule has 1 aliphatic heterocycles. The molecule has 1 amide bonds. The lowest BCUT2D eigenvalue weighted by Crippen LogP contribution is -2.26. The third kappa shape index (κ3) is 2.63. The smallest absolute Gasteiger partial charge is 0.237 e. The van der Waals surface area contributed by atoms with E-state index in [1.165, 1.54) is 4.90 Å². The molecule has 21 heavy (non-hydrogen) atoms. The van der Waals surface area contributed by atoms with Crippen LogP contribution in [0.4, 0.5) is 5.69 Å². The third-order valence-electron chi connectivity index (χ3n) is 3.52. The molecule has 1 aliphatic rings. The molecule has 2 heterocycles. The Kier molecular flexibility index (Phi) is 3.41. The fraction of sp³-hybridized carbons (Fsp3) is 0.385. The van der Waals surface area contributed by atoms with Gasteiger partial charge < -0.3 is 9.32 Å². The molecular weight excluding hydrogens is 316 g/mol. The van der Waals surface area contributed by atoms with E-state index in [1.807, 2.05) is 6.92 Å². The molecule has 0 spiro atoms. The Labute approximate surface area is 126 Å². The zero-order chi connectivity index (χ0) is 15.2. The average molecular weight is 329 g/mol. The van der Waals surface area contributed by atoms with Gasteiger partial charge in [-0.2, -0.15) is 0 Å². The minimum absolute atomic E-state index is 0.0641. The number of hydrogen-bond acceptors (Lipinski definition) is 5. The van der Waals surface area contributed by atoms with Crippen LogP contribution in [0.25, 0.3) is 11.1 Å². The fourth-order valence-corrected chi connectivity index (χ4v) is 3.42. The summed E-state index contributed by atoms with van der Waals surface area (Å²) in [6.45, 7) is 2.00. The Bertz CT molecular complexity index is 815. The van der Waals surface area contributed by atoms with E-state index >= 15 is 0 Å². The van der Waals surface area contributed by atoms with Crippen molar-refractivity contribution in [1.29, 1.82) is 0 Å². The topological polar surface area (TPSA) is 80.5 Å². The summed E-state index contributed by atoms with van der Waals surface area (Å²) in [5.74, 6) is 0.360. The minimum atomic E-state index is -3.74. The maximum Gasteiger partial charge on any atom is 0.237 e. The first kappa shape index (κ1) is 14.3. The van der Waals surface area contributed by atoms with E-state index in [-0.39, 0.29) is 18.9 Å². The predicted octanol–water partition coefficient (Wildman–Crippen LogP) is 2.06. The molecule has 1 saturated heterocycles. The Morgan fingerprint density at radius 2 is 2.24 bits per heavy atom. The Balaban J connectivity index is 1.95. The number of carbonyl (C=O) groups is 1. The summed E-state index contributed by atoms with van der Waals surface area (Å²) in [7, 11) is 1.60. The van der Waals surface area contributed by atoms with Gasteiger partial charge in [0.15, 0.2) is 11.5 Å². The van der Waals surface area contributed by atoms with Crippen molar-refractivity contribution < 1.29 is 17.6 Å². The zero-order valence-electron chi connectivity index (χ0n) is 11.2. The highest BCUT2D eigenvalue weighted by Gasteiger charge is 2.38. The number of halogens is 1. The minimum Gasteiger partial charge on any atom is -0.441 e. The second-order valence-electron chi connectivity index (χ2n) is 4.92. The second kappa shape index (κ2) is 4.99. The van der Waals surface area contributed by atoms with Gasteiger partial charge in [0.2, 0.25) is 15.0 Å². The number of anilines is 1. The highest BCUT2D eigenvalue weighted by molar-refractivity contribution is 8.14. The van der Waals surface area contributed by atoms with E-state index in [0.717, 1.165) is 0 Å². The lowest BCUT2D eigenvalue weighted by atomic mass is 10.2. The van der Waals surface area contributed by atoms with Crippen LogP contribution in [-0.4, -0.2) is 31.1 Å². The SMILES string of the molecule is CCc1nc2cc(N3CC(S(=O)(=O)Cl)CC3=O)ccc2o1. The molecule has 0 N–H and O–H groups in total. The molecule has 3 rings (SSSR count). The van der Waals surface area contributed by atoms with Gasteiger partial charge in [0, 0.05) is 35.8 Å². The maximum absolute atomic E-state index is 12.0. The number of benzene rings is 1. The molecule has 1 aromatic carbocycles. The van der Waals surface area contributed by atoms with Crippen molar-refractivity contribution in [3.63, 3.8) is 0 Å². The van der Waals surface area contributed by atoms with E-state index in [4.69, 9.17) is 15.1 Å². The Morgan fingerprint density at radius 1 is 1.48 bits per heavy atom. The van der Waals surface area contributed by atoms with Crippen LogP contribution < -0.4 is 4.90 Å². The molecular formula is C13H13ClN2O4S. The van der Waals surface area contributed by atoms with Crippen molar-refractivity contribution >= 4 is 42.4 Å². The third-order valence-corrected chi connectivity index (χ3v) is 5.39. The van der Waals surface area contributed by atoms with Crippen LogP contribution in [0, 0.1) is 0 Å². The lowest BCUT2D eigenvalue weighted by Gasteiger charge is -2.15. The molecule has 0 bridgehead atoms. The first-order chi connectivity index (χ1) is 9.88. The van der Waals surface area contributed by atoms with E-state index in [0.29, 0.717) is 29.1 Å². The Morgan fingerprint density at radius 3 is 2.86 bits per heavy atom. The van der Waals surface area contributed by atoms with Crippen LogP contribution >= 0.6 is 10.7 Å². The normalized spacial score (nSPS) is 19.6. The largest absolute Gasteiger partial charge is 0.441 e. The summed E-state index contributed by atoms with van der Waals surface area (Å²) in [4.78, 5) is 17.7. The van der Waals surface area contributed by atoms with Crippen LogP contribution in [0.3, 0.4) is 0 Å². The monoisotopic (exact) mass is 328 g/mol. The zero-order valence-corrected chi connectivity index (χ0v) is 12.8. The number of carbonyl (C=O) groups excluding carboxylic acids is 1. The molecule has 8 heteroatoms. The van der Waals surface area contributed by atoms with Gasteiger partial charge in [-0.05, 0) is 18.2 Å². The number of aryl methyl sites for hydroxylation is 1. The molecule has 1 aromatic heterocycles. The molecule has 0 saturated carbocycles. The molecule has 1 unspecified atom stereocenters. The van der Waals surface area contributed by atoms with E-state index in [2.05, 4.69) is 4.98 Å². The van der Waals surface area contributed by atoms with Crippen molar-refractivity contribution in [2.24, 2.45) is 0 Å². The van der Waals surface area contributed by atoms with Gasteiger partial charge in [-0.25, -0.2) is 13.4 Å². The van der Waals surface area contributed by atoms with Crippen molar-refractivity contribution in [1.82, 2.24) is 4.98 Å². The van der Waals surface area contributed by atoms with Gasteiger partial charge in [0.05, 0.1) is 0 Å². The van der Waals surface area contributed by atoms with Crippen LogP contribution in [0.1, 0.15) is 19.2 Å². The van der Waals surface area contributed by atoms with Crippen molar-refractivity contribution in [3.8, 4) is 0 Å².